The standard InChI is InChI=1S/C15H13N3O3/c19-14(20)5-4-11-2-1-3-12(8-11)9-16-15(21)13-6-7-17-18-10-13/h1-8,10H,9H2,(H,16,21)(H,19,20)/b5-4+. The van der Waals surface area contributed by atoms with Crippen molar-refractivity contribution in [1.82, 2.24) is 15.5 Å². The number of hydrogen-bond donors (Lipinski definition) is 2. The Morgan fingerprint density at radius 2 is 2.10 bits per heavy atom. The highest BCUT2D eigenvalue weighted by Gasteiger charge is 2.04. The highest BCUT2D eigenvalue weighted by molar-refractivity contribution is 5.93. The molecule has 106 valence electrons. The van der Waals surface area contributed by atoms with E-state index in [0.29, 0.717) is 12.1 Å². The van der Waals surface area contributed by atoms with E-state index in [4.69, 9.17) is 5.11 Å². The van der Waals surface area contributed by atoms with Crippen LogP contribution >= 0.6 is 0 Å². The summed E-state index contributed by atoms with van der Waals surface area (Å²) >= 11 is 0. The number of nitrogens with zero attached hydrogens (tertiary/aromatic N) is 2. The molecule has 0 radical (unpaired) electrons. The third kappa shape index (κ3) is 4.54. The van der Waals surface area contributed by atoms with E-state index in [9.17, 15) is 9.59 Å². The van der Waals surface area contributed by atoms with Gasteiger partial charge in [0.1, 0.15) is 0 Å². The van der Waals surface area contributed by atoms with Gasteiger partial charge in [-0.25, -0.2) is 4.79 Å². The van der Waals surface area contributed by atoms with Crippen molar-refractivity contribution in [2.24, 2.45) is 0 Å². The van der Waals surface area contributed by atoms with Gasteiger partial charge in [-0.05, 0) is 29.3 Å². The molecule has 2 aromatic rings. The number of carboxylic acid groups (broad SMARTS) is 1. The first kappa shape index (κ1) is 14.4. The van der Waals surface area contributed by atoms with E-state index in [1.165, 1.54) is 18.5 Å². The van der Waals surface area contributed by atoms with Crippen molar-refractivity contribution >= 4 is 18.0 Å². The predicted molar refractivity (Wildman–Crippen MR) is 76.3 cm³/mol. The van der Waals surface area contributed by atoms with Crippen molar-refractivity contribution in [2.75, 3.05) is 0 Å². The van der Waals surface area contributed by atoms with E-state index < -0.39 is 5.97 Å². The third-order valence-electron chi connectivity index (χ3n) is 2.67. The second-order valence-electron chi connectivity index (χ2n) is 4.23. The number of carbonyl (C=O) groups is 2. The lowest BCUT2D eigenvalue weighted by Crippen LogP contribution is -2.22. The Morgan fingerprint density at radius 3 is 2.81 bits per heavy atom. The Kier molecular flexibility index (Phi) is 4.76. The van der Waals surface area contributed by atoms with Crippen LogP contribution in [0.1, 0.15) is 21.5 Å². The van der Waals surface area contributed by atoms with Crippen molar-refractivity contribution in [3.63, 3.8) is 0 Å². The first-order valence-electron chi connectivity index (χ1n) is 6.20. The largest absolute Gasteiger partial charge is 0.478 e. The van der Waals surface area contributed by atoms with Gasteiger partial charge in [-0.2, -0.15) is 10.2 Å². The van der Waals surface area contributed by atoms with E-state index in [1.54, 1.807) is 18.2 Å². The van der Waals surface area contributed by atoms with Gasteiger partial charge in [0, 0.05) is 12.6 Å². The smallest absolute Gasteiger partial charge is 0.328 e. The fourth-order valence-electron chi connectivity index (χ4n) is 1.68. The summed E-state index contributed by atoms with van der Waals surface area (Å²) in [7, 11) is 0. The first-order chi connectivity index (χ1) is 10.1. The van der Waals surface area contributed by atoms with Crippen LogP contribution in [0.5, 0.6) is 0 Å². The summed E-state index contributed by atoms with van der Waals surface area (Å²) in [6.45, 7) is 0.343. The Bertz CT molecular complexity index is 669. The van der Waals surface area contributed by atoms with Crippen LogP contribution in [-0.2, 0) is 11.3 Å². The molecule has 6 nitrogen and oxygen atoms in total. The molecule has 21 heavy (non-hydrogen) atoms. The molecule has 0 aliphatic carbocycles. The van der Waals surface area contributed by atoms with Crippen LogP contribution in [0.25, 0.3) is 6.08 Å². The molecule has 0 aliphatic rings. The summed E-state index contributed by atoms with van der Waals surface area (Å²) < 4.78 is 0. The molecular weight excluding hydrogens is 270 g/mol. The molecule has 1 amide bonds. The highest BCUT2D eigenvalue weighted by Crippen LogP contribution is 2.07. The predicted octanol–water partition coefficient (Wildman–Crippen LogP) is 1.50. The average Bonchev–Trinajstić information content (AvgIpc) is 2.52. The highest BCUT2D eigenvalue weighted by atomic mass is 16.4. The summed E-state index contributed by atoms with van der Waals surface area (Å²) in [5.74, 6) is -1.24. The van der Waals surface area contributed by atoms with Gasteiger partial charge in [-0.15, -0.1) is 0 Å². The van der Waals surface area contributed by atoms with Crippen LogP contribution < -0.4 is 5.32 Å². The Balaban J connectivity index is 1.99. The van der Waals surface area contributed by atoms with Crippen LogP contribution in [0.15, 0.2) is 48.8 Å². The third-order valence-corrected chi connectivity index (χ3v) is 2.67. The number of benzene rings is 1. The average molecular weight is 283 g/mol. The second-order valence-corrected chi connectivity index (χ2v) is 4.23. The van der Waals surface area contributed by atoms with Gasteiger partial charge in [-0.1, -0.05) is 18.2 Å². The van der Waals surface area contributed by atoms with E-state index >= 15 is 0 Å². The summed E-state index contributed by atoms with van der Waals surface area (Å²) in [5.41, 5.74) is 2.07. The van der Waals surface area contributed by atoms with Gasteiger partial charge in [-0.3, -0.25) is 4.79 Å². The summed E-state index contributed by atoms with van der Waals surface area (Å²) in [6, 6.07) is 8.83. The van der Waals surface area contributed by atoms with Gasteiger partial charge in [0.05, 0.1) is 18.0 Å². The molecule has 0 unspecified atom stereocenters. The molecule has 0 saturated heterocycles. The number of nitrogens with one attached hydrogen (secondary N) is 1. The molecule has 0 atom stereocenters. The lowest BCUT2D eigenvalue weighted by atomic mass is 10.1. The fourth-order valence-corrected chi connectivity index (χ4v) is 1.68. The number of carbonyl (C=O) groups excluding carboxylic acids is 1. The SMILES string of the molecule is O=C(O)/C=C/c1cccc(CNC(=O)c2ccnnc2)c1. The molecule has 0 fully saturated rings. The van der Waals surface area contributed by atoms with Crippen molar-refractivity contribution in [2.45, 2.75) is 6.54 Å². The minimum atomic E-state index is -1.00. The number of amides is 1. The minimum Gasteiger partial charge on any atom is -0.478 e. The Labute approximate surface area is 121 Å². The number of aliphatic carboxylic acids is 1. The lowest BCUT2D eigenvalue weighted by Gasteiger charge is -2.05. The molecule has 1 aromatic carbocycles. The van der Waals surface area contributed by atoms with E-state index in [2.05, 4.69) is 15.5 Å². The molecular formula is C15H13N3O3. The lowest BCUT2D eigenvalue weighted by molar-refractivity contribution is -0.131. The van der Waals surface area contributed by atoms with Crippen LogP contribution in [0.4, 0.5) is 0 Å². The maximum absolute atomic E-state index is 11.8. The minimum absolute atomic E-state index is 0.239. The van der Waals surface area contributed by atoms with Crippen molar-refractivity contribution in [3.8, 4) is 0 Å². The normalized spacial score (nSPS) is 10.5. The van der Waals surface area contributed by atoms with Crippen molar-refractivity contribution in [3.05, 3.63) is 65.5 Å². The quantitative estimate of drug-likeness (QED) is 0.811. The first-order valence-corrected chi connectivity index (χ1v) is 6.20. The van der Waals surface area contributed by atoms with Gasteiger partial charge in [0.15, 0.2) is 0 Å². The summed E-state index contributed by atoms with van der Waals surface area (Å²) in [4.78, 5) is 22.3. The molecule has 0 saturated carbocycles. The zero-order valence-corrected chi connectivity index (χ0v) is 11.1. The molecule has 0 aliphatic heterocycles. The molecule has 2 rings (SSSR count). The van der Waals surface area contributed by atoms with Gasteiger partial charge >= 0.3 is 5.97 Å². The maximum atomic E-state index is 11.8. The Morgan fingerprint density at radius 1 is 1.24 bits per heavy atom. The number of rotatable bonds is 5. The number of aromatic nitrogens is 2. The fraction of sp³-hybridized carbons (Fsp3) is 0.0667. The molecule has 1 heterocycles. The zero-order chi connectivity index (χ0) is 15.1. The zero-order valence-electron chi connectivity index (χ0n) is 11.1. The van der Waals surface area contributed by atoms with E-state index in [1.807, 2.05) is 12.1 Å². The van der Waals surface area contributed by atoms with Crippen molar-refractivity contribution in [1.29, 1.82) is 0 Å². The van der Waals surface area contributed by atoms with Gasteiger partial charge < -0.3 is 10.4 Å². The molecule has 0 spiro atoms. The molecule has 6 heteroatoms. The van der Waals surface area contributed by atoms with Crippen LogP contribution in [-0.4, -0.2) is 27.2 Å². The Hall–Kier alpha value is -3.02. The topological polar surface area (TPSA) is 92.2 Å². The molecule has 0 bridgehead atoms. The van der Waals surface area contributed by atoms with Crippen LogP contribution in [0.2, 0.25) is 0 Å². The number of carboxylic acids is 1. The van der Waals surface area contributed by atoms with Gasteiger partial charge in [0.25, 0.3) is 5.91 Å². The van der Waals surface area contributed by atoms with Crippen LogP contribution in [0.3, 0.4) is 0 Å². The van der Waals surface area contributed by atoms with Crippen LogP contribution in [0, 0.1) is 0 Å². The summed E-state index contributed by atoms with van der Waals surface area (Å²) in [5, 5.41) is 18.6. The van der Waals surface area contributed by atoms with E-state index in [0.717, 1.165) is 17.2 Å². The van der Waals surface area contributed by atoms with Gasteiger partial charge in [0.2, 0.25) is 0 Å². The second kappa shape index (κ2) is 6.95. The summed E-state index contributed by atoms with van der Waals surface area (Å²) in [6.07, 6.45) is 5.41. The monoisotopic (exact) mass is 283 g/mol. The van der Waals surface area contributed by atoms with E-state index in [-0.39, 0.29) is 5.91 Å². The molecule has 1 aromatic heterocycles. The van der Waals surface area contributed by atoms with Crippen molar-refractivity contribution < 1.29 is 14.7 Å². The number of hydrogen-bond acceptors (Lipinski definition) is 4. The molecule has 2 N–H and O–H groups in total. The maximum Gasteiger partial charge on any atom is 0.328 e.